The van der Waals surface area contributed by atoms with E-state index in [9.17, 15) is 0 Å². The molecule has 2 heterocycles. The van der Waals surface area contributed by atoms with Gasteiger partial charge in [-0.3, -0.25) is 4.99 Å². The van der Waals surface area contributed by atoms with E-state index in [2.05, 4.69) is 63.2 Å². The molecule has 1 aliphatic heterocycles. The molecule has 0 radical (unpaired) electrons. The fourth-order valence-electron chi connectivity index (χ4n) is 3.80. The molecule has 2 N–H and O–H groups in total. The number of hydrogen-bond donors (Lipinski definition) is 2. The maximum atomic E-state index is 4.78. The first-order chi connectivity index (χ1) is 14.2. The molecule has 3 rings (SSSR count). The van der Waals surface area contributed by atoms with E-state index in [4.69, 9.17) is 4.99 Å². The molecule has 6 nitrogen and oxygen atoms in total. The van der Waals surface area contributed by atoms with Gasteiger partial charge in [0.05, 0.1) is 6.04 Å². The van der Waals surface area contributed by atoms with Crippen LogP contribution in [0.4, 0.5) is 5.69 Å². The fourth-order valence-corrected chi connectivity index (χ4v) is 3.80. The average Bonchev–Trinajstić information content (AvgIpc) is 3.40. The van der Waals surface area contributed by atoms with Gasteiger partial charge in [0.1, 0.15) is 5.82 Å². The molecule has 0 bridgehead atoms. The monoisotopic (exact) mass is 396 g/mol. The summed E-state index contributed by atoms with van der Waals surface area (Å²) < 4.78 is 2.20. The first-order valence-corrected chi connectivity index (χ1v) is 11.0. The van der Waals surface area contributed by atoms with Crippen LogP contribution in [0.2, 0.25) is 0 Å². The van der Waals surface area contributed by atoms with Gasteiger partial charge in [-0.1, -0.05) is 12.1 Å². The Kier molecular flexibility index (Phi) is 7.96. The lowest BCUT2D eigenvalue weighted by molar-refractivity contribution is 0.599. The lowest BCUT2D eigenvalue weighted by Crippen LogP contribution is -2.38. The molecule has 2 aromatic rings. The molecule has 1 saturated heterocycles. The molecule has 0 spiro atoms. The van der Waals surface area contributed by atoms with Crippen molar-refractivity contribution in [1.82, 2.24) is 20.2 Å². The first kappa shape index (κ1) is 21.2. The van der Waals surface area contributed by atoms with Crippen LogP contribution in [0.1, 0.15) is 57.0 Å². The first-order valence-electron chi connectivity index (χ1n) is 11.0. The summed E-state index contributed by atoms with van der Waals surface area (Å²) in [4.78, 5) is 11.5. The van der Waals surface area contributed by atoms with Crippen molar-refractivity contribution in [3.8, 4) is 0 Å². The predicted octanol–water partition coefficient (Wildman–Crippen LogP) is 3.89. The third-order valence-electron chi connectivity index (χ3n) is 5.54. The van der Waals surface area contributed by atoms with Crippen molar-refractivity contribution >= 4 is 11.6 Å². The molecule has 1 aromatic heterocycles. The maximum absolute atomic E-state index is 4.78. The van der Waals surface area contributed by atoms with Crippen LogP contribution in [0.5, 0.6) is 0 Å². The summed E-state index contributed by atoms with van der Waals surface area (Å²) in [6.45, 7) is 11.4. The van der Waals surface area contributed by atoms with Gasteiger partial charge >= 0.3 is 0 Å². The molecular weight excluding hydrogens is 360 g/mol. The Bertz CT molecular complexity index is 775. The van der Waals surface area contributed by atoms with Crippen molar-refractivity contribution in [2.24, 2.45) is 4.99 Å². The molecular formula is C23H36N6. The summed E-state index contributed by atoms with van der Waals surface area (Å²) in [5.74, 6) is 1.97. The average molecular weight is 397 g/mol. The van der Waals surface area contributed by atoms with Crippen LogP contribution in [-0.2, 0) is 6.54 Å². The van der Waals surface area contributed by atoms with Crippen molar-refractivity contribution in [2.45, 2.75) is 59.0 Å². The summed E-state index contributed by atoms with van der Waals surface area (Å²) in [5, 5.41) is 6.95. The van der Waals surface area contributed by atoms with Gasteiger partial charge < -0.3 is 20.1 Å². The molecule has 158 valence electrons. The van der Waals surface area contributed by atoms with Gasteiger partial charge in [0, 0.05) is 50.8 Å². The molecule has 1 unspecified atom stereocenters. The molecule has 0 saturated carbocycles. The quantitative estimate of drug-likeness (QED) is 0.384. The Morgan fingerprint density at radius 2 is 2.07 bits per heavy atom. The number of nitrogens with zero attached hydrogens (tertiary/aromatic N) is 4. The summed E-state index contributed by atoms with van der Waals surface area (Å²) in [6, 6.07) is 9.13. The highest BCUT2D eigenvalue weighted by Crippen LogP contribution is 2.23. The number of hydrogen-bond acceptors (Lipinski definition) is 3. The third-order valence-corrected chi connectivity index (χ3v) is 5.54. The van der Waals surface area contributed by atoms with Gasteiger partial charge in [-0.15, -0.1) is 0 Å². The normalized spacial score (nSPS) is 15.6. The standard InChI is InChI=1S/C23H36N6/c1-4-24-23(26-12-5-6-14-28-17-13-25-20(28)3)27-19(2)21-10-9-11-22(18-21)29-15-7-8-16-29/h9-11,13,17-19H,4-8,12,14-16H2,1-3H3,(H2,24,26,27). The zero-order valence-electron chi connectivity index (χ0n) is 18.2. The maximum Gasteiger partial charge on any atom is 0.191 e. The Morgan fingerprint density at radius 1 is 1.24 bits per heavy atom. The number of aryl methyl sites for hydroxylation is 2. The fraction of sp³-hybridized carbons (Fsp3) is 0.565. The molecule has 1 aliphatic rings. The number of imidazole rings is 1. The minimum atomic E-state index is 0.212. The van der Waals surface area contributed by atoms with Crippen LogP contribution in [0.25, 0.3) is 0 Å². The van der Waals surface area contributed by atoms with Gasteiger partial charge in [-0.05, 0) is 64.2 Å². The van der Waals surface area contributed by atoms with E-state index >= 15 is 0 Å². The number of guanidine groups is 1. The molecule has 1 atom stereocenters. The second-order valence-electron chi connectivity index (χ2n) is 7.79. The summed E-state index contributed by atoms with van der Waals surface area (Å²) in [6.07, 6.45) is 8.68. The van der Waals surface area contributed by atoms with E-state index in [0.29, 0.717) is 0 Å². The molecule has 6 heteroatoms. The van der Waals surface area contributed by atoms with Crippen LogP contribution >= 0.6 is 0 Å². The minimum absolute atomic E-state index is 0.212. The van der Waals surface area contributed by atoms with Crippen molar-refractivity contribution in [3.05, 3.63) is 48.0 Å². The number of unbranched alkanes of at least 4 members (excludes halogenated alkanes) is 1. The van der Waals surface area contributed by atoms with Crippen LogP contribution in [0.3, 0.4) is 0 Å². The second-order valence-corrected chi connectivity index (χ2v) is 7.79. The minimum Gasteiger partial charge on any atom is -0.372 e. The van der Waals surface area contributed by atoms with Gasteiger partial charge in [0.15, 0.2) is 5.96 Å². The lowest BCUT2D eigenvalue weighted by Gasteiger charge is -2.22. The highest BCUT2D eigenvalue weighted by Gasteiger charge is 2.14. The van der Waals surface area contributed by atoms with Crippen LogP contribution in [0.15, 0.2) is 41.7 Å². The van der Waals surface area contributed by atoms with Crippen LogP contribution in [-0.4, -0.2) is 41.7 Å². The largest absolute Gasteiger partial charge is 0.372 e. The van der Waals surface area contributed by atoms with E-state index in [-0.39, 0.29) is 6.04 Å². The second kappa shape index (κ2) is 10.9. The number of aliphatic imine (C=N–C) groups is 1. The molecule has 0 aliphatic carbocycles. The van der Waals surface area contributed by atoms with E-state index in [1.54, 1.807) is 0 Å². The van der Waals surface area contributed by atoms with Crippen molar-refractivity contribution < 1.29 is 0 Å². The van der Waals surface area contributed by atoms with Gasteiger partial charge in [0.2, 0.25) is 0 Å². The Hall–Kier alpha value is -2.50. The lowest BCUT2D eigenvalue weighted by atomic mass is 10.1. The summed E-state index contributed by atoms with van der Waals surface area (Å²) >= 11 is 0. The smallest absolute Gasteiger partial charge is 0.191 e. The van der Waals surface area contributed by atoms with Crippen LogP contribution in [0, 0.1) is 6.92 Å². The Labute approximate surface area is 175 Å². The number of aromatic nitrogens is 2. The highest BCUT2D eigenvalue weighted by molar-refractivity contribution is 5.80. The van der Waals surface area contributed by atoms with Gasteiger partial charge in [-0.25, -0.2) is 4.98 Å². The third kappa shape index (κ3) is 6.24. The number of benzene rings is 1. The molecule has 1 fully saturated rings. The molecule has 29 heavy (non-hydrogen) atoms. The zero-order chi connectivity index (χ0) is 20.5. The van der Waals surface area contributed by atoms with E-state index in [1.807, 2.05) is 19.3 Å². The summed E-state index contributed by atoms with van der Waals surface area (Å²) in [7, 11) is 0. The number of rotatable bonds is 9. The zero-order valence-corrected chi connectivity index (χ0v) is 18.2. The number of nitrogens with one attached hydrogen (secondary N) is 2. The van der Waals surface area contributed by atoms with Crippen molar-refractivity contribution in [1.29, 1.82) is 0 Å². The molecule has 1 aromatic carbocycles. The number of anilines is 1. The molecule has 0 amide bonds. The topological polar surface area (TPSA) is 57.5 Å². The van der Waals surface area contributed by atoms with E-state index in [1.165, 1.54) is 37.2 Å². The van der Waals surface area contributed by atoms with E-state index < -0.39 is 0 Å². The van der Waals surface area contributed by atoms with Gasteiger partial charge in [-0.2, -0.15) is 0 Å². The highest BCUT2D eigenvalue weighted by atomic mass is 15.2. The van der Waals surface area contributed by atoms with E-state index in [0.717, 1.165) is 44.3 Å². The SMILES string of the molecule is CCNC(=NCCCCn1ccnc1C)NC(C)c1cccc(N2CCCC2)c1. The van der Waals surface area contributed by atoms with Crippen LogP contribution < -0.4 is 15.5 Å². The Morgan fingerprint density at radius 3 is 2.79 bits per heavy atom. The van der Waals surface area contributed by atoms with Crippen molar-refractivity contribution in [2.75, 3.05) is 31.1 Å². The predicted molar refractivity (Wildman–Crippen MR) is 122 cm³/mol. The Balaban J connectivity index is 1.51. The summed E-state index contributed by atoms with van der Waals surface area (Å²) in [5.41, 5.74) is 2.64. The van der Waals surface area contributed by atoms with Crippen molar-refractivity contribution in [3.63, 3.8) is 0 Å². The van der Waals surface area contributed by atoms with Gasteiger partial charge in [0.25, 0.3) is 0 Å².